The van der Waals surface area contributed by atoms with Crippen molar-refractivity contribution in [3.05, 3.63) is 34.8 Å². The van der Waals surface area contributed by atoms with Crippen molar-refractivity contribution in [3.63, 3.8) is 0 Å². The molecule has 0 atom stereocenters. The smallest absolute Gasteiger partial charge is 0.290 e. The van der Waals surface area contributed by atoms with Gasteiger partial charge in [0.05, 0.1) is 6.54 Å². The highest BCUT2D eigenvalue weighted by Crippen LogP contribution is 2.16. The van der Waals surface area contributed by atoms with Crippen LogP contribution in [0.3, 0.4) is 0 Å². The summed E-state index contributed by atoms with van der Waals surface area (Å²) in [6.07, 6.45) is 0.789. The van der Waals surface area contributed by atoms with E-state index in [0.29, 0.717) is 32.1 Å². The van der Waals surface area contributed by atoms with E-state index in [0.717, 1.165) is 13.0 Å². The fourth-order valence-corrected chi connectivity index (χ4v) is 2.67. The van der Waals surface area contributed by atoms with Crippen LogP contribution in [-0.4, -0.2) is 57.9 Å². The molecule has 9 nitrogen and oxygen atoms in total. The van der Waals surface area contributed by atoms with Crippen LogP contribution in [-0.2, 0) is 6.54 Å². The second-order valence-electron chi connectivity index (χ2n) is 5.40. The van der Waals surface area contributed by atoms with Gasteiger partial charge in [0.15, 0.2) is 11.0 Å². The van der Waals surface area contributed by atoms with E-state index in [-0.39, 0.29) is 22.7 Å². The number of primary amides is 1. The normalized spacial score (nSPS) is 16.1. The van der Waals surface area contributed by atoms with Gasteiger partial charge in [0.2, 0.25) is 5.89 Å². The molecule has 1 aliphatic rings. The minimum atomic E-state index is -0.727. The van der Waals surface area contributed by atoms with Crippen LogP contribution in [0, 0.1) is 0 Å². The maximum atomic E-state index is 12.4. The van der Waals surface area contributed by atoms with E-state index in [1.807, 2.05) is 0 Å². The van der Waals surface area contributed by atoms with Gasteiger partial charge < -0.3 is 19.6 Å². The Morgan fingerprint density at radius 3 is 2.75 bits per heavy atom. The minimum Gasteiger partial charge on any atom is -0.440 e. The lowest BCUT2D eigenvalue weighted by Crippen LogP contribution is -2.35. The summed E-state index contributed by atoms with van der Waals surface area (Å²) in [5.41, 5.74) is 5.09. The molecule has 0 aromatic carbocycles. The second kappa shape index (κ2) is 7.02. The average Bonchev–Trinajstić information content (AvgIpc) is 3.12. The first kappa shape index (κ1) is 16.5. The first-order chi connectivity index (χ1) is 11.5. The fourth-order valence-electron chi connectivity index (χ4n) is 2.53. The lowest BCUT2D eigenvalue weighted by atomic mass is 10.3. The molecule has 2 aromatic rings. The molecule has 128 valence electrons. The van der Waals surface area contributed by atoms with E-state index in [1.54, 1.807) is 17.0 Å². The number of aromatic nitrogens is 2. The van der Waals surface area contributed by atoms with Crippen LogP contribution >= 0.6 is 11.6 Å². The topological polar surface area (TPSA) is 119 Å². The third-order valence-corrected chi connectivity index (χ3v) is 3.91. The van der Waals surface area contributed by atoms with Gasteiger partial charge in [-0.05, 0) is 30.2 Å². The summed E-state index contributed by atoms with van der Waals surface area (Å²) in [5.74, 6) is -0.489. The highest BCUT2D eigenvalue weighted by atomic mass is 35.5. The average molecular weight is 354 g/mol. The molecule has 2 aromatic heterocycles. The van der Waals surface area contributed by atoms with Crippen molar-refractivity contribution in [3.8, 4) is 0 Å². The molecular weight excluding hydrogens is 338 g/mol. The van der Waals surface area contributed by atoms with E-state index in [1.165, 1.54) is 0 Å². The van der Waals surface area contributed by atoms with Crippen LogP contribution in [0.25, 0.3) is 0 Å². The predicted molar refractivity (Wildman–Crippen MR) is 82.3 cm³/mol. The molecule has 0 spiro atoms. The Hall–Kier alpha value is -2.39. The number of hydrogen-bond donors (Lipinski definition) is 1. The minimum absolute atomic E-state index is 0.133. The molecule has 1 aliphatic heterocycles. The molecule has 3 heterocycles. The molecule has 0 bridgehead atoms. The van der Waals surface area contributed by atoms with E-state index in [9.17, 15) is 9.59 Å². The van der Waals surface area contributed by atoms with Gasteiger partial charge in [-0.2, -0.15) is 4.98 Å². The molecule has 2 N–H and O–H groups in total. The van der Waals surface area contributed by atoms with Crippen LogP contribution in [0.2, 0.25) is 5.22 Å². The Morgan fingerprint density at radius 2 is 2.08 bits per heavy atom. The Labute approximate surface area is 142 Å². The van der Waals surface area contributed by atoms with Crippen molar-refractivity contribution >= 4 is 23.4 Å². The highest BCUT2D eigenvalue weighted by molar-refractivity contribution is 6.29. The van der Waals surface area contributed by atoms with Gasteiger partial charge in [0.1, 0.15) is 0 Å². The number of halogens is 1. The second-order valence-corrected chi connectivity index (χ2v) is 5.77. The maximum Gasteiger partial charge on any atom is 0.290 e. The summed E-state index contributed by atoms with van der Waals surface area (Å²) in [5, 5.41) is 3.70. The van der Waals surface area contributed by atoms with Crippen LogP contribution in [0.1, 0.15) is 33.5 Å². The van der Waals surface area contributed by atoms with Crippen LogP contribution in [0.4, 0.5) is 0 Å². The number of hydrogen-bond acceptors (Lipinski definition) is 7. The van der Waals surface area contributed by atoms with Gasteiger partial charge >= 0.3 is 0 Å². The van der Waals surface area contributed by atoms with Gasteiger partial charge in [-0.1, -0.05) is 5.16 Å². The number of rotatable bonds is 4. The van der Waals surface area contributed by atoms with E-state index in [4.69, 9.17) is 26.3 Å². The largest absolute Gasteiger partial charge is 0.440 e. The Kier molecular flexibility index (Phi) is 4.81. The summed E-state index contributed by atoms with van der Waals surface area (Å²) in [4.78, 5) is 31.1. The van der Waals surface area contributed by atoms with E-state index >= 15 is 0 Å². The zero-order valence-corrected chi connectivity index (χ0v) is 13.5. The number of furan rings is 1. The number of amides is 2. The number of carbonyl (C=O) groups is 2. The zero-order chi connectivity index (χ0) is 17.1. The first-order valence-corrected chi connectivity index (χ1v) is 7.80. The fraction of sp³-hybridized carbons (Fsp3) is 0.429. The number of carbonyl (C=O) groups excluding carboxylic acids is 2. The summed E-state index contributed by atoms with van der Waals surface area (Å²) in [7, 11) is 0. The van der Waals surface area contributed by atoms with Crippen molar-refractivity contribution in [2.24, 2.45) is 5.73 Å². The van der Waals surface area contributed by atoms with E-state index < -0.39 is 5.91 Å². The van der Waals surface area contributed by atoms with Gasteiger partial charge in [0.25, 0.3) is 17.6 Å². The van der Waals surface area contributed by atoms with Crippen LogP contribution in [0.15, 0.2) is 21.1 Å². The first-order valence-electron chi connectivity index (χ1n) is 7.42. The Morgan fingerprint density at radius 1 is 1.25 bits per heavy atom. The standard InChI is InChI=1S/C14H16ClN5O4/c15-10-3-2-9(23-10)14(22)20-5-1-4-19(6-7-20)8-11-17-13(12(16)21)18-24-11/h2-3H,1,4-8H2,(H2,16,21). The van der Waals surface area contributed by atoms with E-state index in [2.05, 4.69) is 15.0 Å². The summed E-state index contributed by atoms with van der Waals surface area (Å²) < 4.78 is 10.2. The lowest BCUT2D eigenvalue weighted by molar-refractivity contribution is 0.0728. The molecule has 1 saturated heterocycles. The predicted octanol–water partition coefficient (Wildman–Crippen LogP) is 0.763. The molecule has 0 aliphatic carbocycles. The molecular formula is C14H16ClN5O4. The van der Waals surface area contributed by atoms with Gasteiger partial charge in [-0.3, -0.25) is 14.5 Å². The third kappa shape index (κ3) is 3.74. The van der Waals surface area contributed by atoms with Crippen molar-refractivity contribution in [2.75, 3.05) is 26.2 Å². The van der Waals surface area contributed by atoms with Crippen LogP contribution < -0.4 is 5.73 Å². The number of nitrogens with two attached hydrogens (primary N) is 1. The maximum absolute atomic E-state index is 12.4. The number of nitrogens with zero attached hydrogens (tertiary/aromatic N) is 4. The Balaban J connectivity index is 1.58. The SMILES string of the molecule is NC(=O)c1noc(CN2CCCN(C(=O)c3ccc(Cl)o3)CC2)n1. The molecule has 2 amide bonds. The zero-order valence-electron chi connectivity index (χ0n) is 12.8. The Bertz CT molecular complexity index is 743. The summed E-state index contributed by atoms with van der Waals surface area (Å²) in [6, 6.07) is 3.11. The van der Waals surface area contributed by atoms with Gasteiger partial charge in [0, 0.05) is 26.2 Å². The van der Waals surface area contributed by atoms with Crippen molar-refractivity contribution in [1.82, 2.24) is 19.9 Å². The van der Waals surface area contributed by atoms with Crippen molar-refractivity contribution in [2.45, 2.75) is 13.0 Å². The highest BCUT2D eigenvalue weighted by Gasteiger charge is 2.23. The molecule has 0 unspecified atom stereocenters. The summed E-state index contributed by atoms with van der Waals surface area (Å²) >= 11 is 5.71. The quantitative estimate of drug-likeness (QED) is 0.861. The summed E-state index contributed by atoms with van der Waals surface area (Å²) in [6.45, 7) is 2.94. The molecule has 1 fully saturated rings. The lowest BCUT2D eigenvalue weighted by Gasteiger charge is -2.20. The third-order valence-electron chi connectivity index (χ3n) is 3.71. The molecule has 0 saturated carbocycles. The van der Waals surface area contributed by atoms with Crippen molar-refractivity contribution < 1.29 is 18.5 Å². The monoisotopic (exact) mass is 353 g/mol. The molecule has 3 rings (SSSR count). The molecule has 10 heteroatoms. The molecule has 24 heavy (non-hydrogen) atoms. The van der Waals surface area contributed by atoms with Crippen molar-refractivity contribution in [1.29, 1.82) is 0 Å². The van der Waals surface area contributed by atoms with Gasteiger partial charge in [-0.15, -0.1) is 0 Å². The molecule has 0 radical (unpaired) electrons. The van der Waals surface area contributed by atoms with Crippen LogP contribution in [0.5, 0.6) is 0 Å². The van der Waals surface area contributed by atoms with Gasteiger partial charge in [-0.25, -0.2) is 0 Å².